The summed E-state index contributed by atoms with van der Waals surface area (Å²) in [6, 6.07) is 15.5. The Morgan fingerprint density at radius 1 is 1.19 bits per heavy atom. The highest BCUT2D eigenvalue weighted by Crippen LogP contribution is 2.18. The molecule has 5 nitrogen and oxygen atoms in total. The number of hydrogen-bond acceptors (Lipinski definition) is 3. The zero-order chi connectivity index (χ0) is 18.4. The predicted molar refractivity (Wildman–Crippen MR) is 104 cm³/mol. The number of amides is 1. The van der Waals surface area contributed by atoms with Crippen molar-refractivity contribution in [2.45, 2.75) is 26.3 Å². The molecule has 0 bridgehead atoms. The van der Waals surface area contributed by atoms with Gasteiger partial charge in [-0.3, -0.25) is 4.79 Å². The fourth-order valence-electron chi connectivity index (χ4n) is 2.86. The van der Waals surface area contributed by atoms with E-state index in [0.29, 0.717) is 24.7 Å². The molecule has 0 aliphatic rings. The highest BCUT2D eigenvalue weighted by molar-refractivity contribution is 6.30. The van der Waals surface area contributed by atoms with Gasteiger partial charge in [0.2, 0.25) is 5.91 Å². The molecule has 0 aliphatic carbocycles. The van der Waals surface area contributed by atoms with Gasteiger partial charge in [-0.1, -0.05) is 23.7 Å². The summed E-state index contributed by atoms with van der Waals surface area (Å²) in [5, 5.41) is 3.52. The van der Waals surface area contributed by atoms with Gasteiger partial charge in [0, 0.05) is 24.9 Å². The minimum absolute atomic E-state index is 0.00475. The predicted octanol–water partition coefficient (Wildman–Crippen LogP) is 3.84. The molecule has 136 valence electrons. The maximum atomic E-state index is 11.0. The minimum atomic E-state index is -0.00475. The van der Waals surface area contributed by atoms with Gasteiger partial charge in [-0.2, -0.15) is 0 Å². The molecule has 0 aliphatic heterocycles. The Labute approximate surface area is 157 Å². The van der Waals surface area contributed by atoms with Crippen molar-refractivity contribution in [3.63, 3.8) is 0 Å². The van der Waals surface area contributed by atoms with Crippen molar-refractivity contribution < 1.29 is 9.53 Å². The second kappa shape index (κ2) is 8.72. The summed E-state index contributed by atoms with van der Waals surface area (Å²) in [6.07, 6.45) is 1.65. The third kappa shape index (κ3) is 4.76. The average Bonchev–Trinajstić information content (AvgIpc) is 2.98. The molecule has 0 radical (unpaired) electrons. The second-order valence-corrected chi connectivity index (χ2v) is 6.49. The van der Waals surface area contributed by atoms with E-state index in [9.17, 15) is 4.79 Å². The number of carbonyl (C=O) groups excluding carboxylic acids is 1. The summed E-state index contributed by atoms with van der Waals surface area (Å²) in [4.78, 5) is 15.7. The van der Waals surface area contributed by atoms with Crippen molar-refractivity contribution in [3.05, 3.63) is 59.4 Å². The first-order valence-electron chi connectivity index (χ1n) is 8.70. The van der Waals surface area contributed by atoms with Crippen LogP contribution in [0.15, 0.2) is 48.5 Å². The number of benzene rings is 2. The highest BCUT2D eigenvalue weighted by atomic mass is 35.5. The molecule has 3 rings (SSSR count). The molecular weight excluding hydrogens is 350 g/mol. The Morgan fingerprint density at radius 2 is 1.96 bits per heavy atom. The Morgan fingerprint density at radius 3 is 2.73 bits per heavy atom. The van der Waals surface area contributed by atoms with Crippen LogP contribution in [-0.4, -0.2) is 28.6 Å². The normalized spacial score (nSPS) is 10.8. The van der Waals surface area contributed by atoms with Crippen LogP contribution in [-0.2, 0) is 17.8 Å². The van der Waals surface area contributed by atoms with Crippen LogP contribution in [0.2, 0.25) is 5.02 Å². The van der Waals surface area contributed by atoms with Crippen LogP contribution in [0.3, 0.4) is 0 Å². The number of ether oxygens (including phenoxy) is 1. The first-order valence-corrected chi connectivity index (χ1v) is 9.08. The Bertz CT molecular complexity index is 874. The number of nitrogens with zero attached hydrogens (tertiary/aromatic N) is 2. The fraction of sp³-hybridized carbons (Fsp3) is 0.300. The lowest BCUT2D eigenvalue weighted by Crippen LogP contribution is -2.21. The molecule has 0 fully saturated rings. The van der Waals surface area contributed by atoms with E-state index in [1.807, 2.05) is 42.5 Å². The Hall–Kier alpha value is -2.53. The number of carbonyl (C=O) groups is 1. The van der Waals surface area contributed by atoms with Crippen LogP contribution >= 0.6 is 11.6 Å². The van der Waals surface area contributed by atoms with Gasteiger partial charge >= 0.3 is 0 Å². The number of halogens is 1. The topological polar surface area (TPSA) is 56.2 Å². The van der Waals surface area contributed by atoms with Gasteiger partial charge in [-0.25, -0.2) is 4.98 Å². The lowest BCUT2D eigenvalue weighted by Gasteiger charge is -2.11. The molecule has 6 heteroatoms. The molecule has 0 spiro atoms. The number of nitrogens with one attached hydrogen (secondary N) is 1. The largest absolute Gasteiger partial charge is 0.492 e. The summed E-state index contributed by atoms with van der Waals surface area (Å²) in [7, 11) is 0. The van der Waals surface area contributed by atoms with E-state index < -0.39 is 0 Å². The van der Waals surface area contributed by atoms with E-state index in [-0.39, 0.29) is 5.91 Å². The lowest BCUT2D eigenvalue weighted by atomic mass is 10.3. The van der Waals surface area contributed by atoms with Gasteiger partial charge < -0.3 is 14.6 Å². The maximum Gasteiger partial charge on any atom is 0.216 e. The number of rotatable bonds is 8. The van der Waals surface area contributed by atoms with Gasteiger partial charge in [0.15, 0.2) is 0 Å². The number of imidazole rings is 1. The van der Waals surface area contributed by atoms with Crippen molar-refractivity contribution in [1.82, 2.24) is 14.9 Å². The molecule has 26 heavy (non-hydrogen) atoms. The third-order valence-corrected chi connectivity index (χ3v) is 4.33. The van der Waals surface area contributed by atoms with Gasteiger partial charge in [0.1, 0.15) is 18.2 Å². The van der Waals surface area contributed by atoms with Crippen molar-refractivity contribution in [3.8, 4) is 5.75 Å². The minimum Gasteiger partial charge on any atom is -0.492 e. The van der Waals surface area contributed by atoms with E-state index in [0.717, 1.165) is 35.4 Å². The molecule has 0 unspecified atom stereocenters. The van der Waals surface area contributed by atoms with Gasteiger partial charge in [0.05, 0.1) is 17.6 Å². The van der Waals surface area contributed by atoms with E-state index in [2.05, 4.69) is 16.0 Å². The van der Waals surface area contributed by atoms with Crippen LogP contribution in [0.25, 0.3) is 11.0 Å². The summed E-state index contributed by atoms with van der Waals surface area (Å²) in [6.45, 7) is 3.43. The molecule has 1 aromatic heterocycles. The smallest absolute Gasteiger partial charge is 0.216 e. The maximum absolute atomic E-state index is 11.0. The number of aromatic nitrogens is 2. The molecule has 2 aromatic carbocycles. The van der Waals surface area contributed by atoms with Crippen molar-refractivity contribution in [2.24, 2.45) is 0 Å². The van der Waals surface area contributed by atoms with Crippen molar-refractivity contribution >= 4 is 28.5 Å². The van der Waals surface area contributed by atoms with Crippen LogP contribution in [0.1, 0.15) is 19.2 Å². The van der Waals surface area contributed by atoms with E-state index in [4.69, 9.17) is 21.3 Å². The van der Waals surface area contributed by atoms with Crippen LogP contribution in [0.4, 0.5) is 0 Å². The zero-order valence-electron chi connectivity index (χ0n) is 14.7. The summed E-state index contributed by atoms with van der Waals surface area (Å²) in [5.41, 5.74) is 2.08. The molecule has 1 amide bonds. The molecule has 1 N–H and O–H groups in total. The molecule has 0 saturated carbocycles. The monoisotopic (exact) mass is 371 g/mol. The molecule has 3 aromatic rings. The SMILES string of the molecule is CC(=O)NCCCc1nc2ccccc2n1CCOc1ccc(Cl)cc1. The quantitative estimate of drug-likeness (QED) is 0.612. The van der Waals surface area contributed by atoms with Crippen molar-refractivity contribution in [2.75, 3.05) is 13.2 Å². The van der Waals surface area contributed by atoms with E-state index in [1.165, 1.54) is 6.92 Å². The summed E-state index contributed by atoms with van der Waals surface area (Å²) < 4.78 is 8.02. The van der Waals surface area contributed by atoms with Crippen LogP contribution in [0.5, 0.6) is 5.75 Å². The zero-order valence-corrected chi connectivity index (χ0v) is 15.5. The summed E-state index contributed by atoms with van der Waals surface area (Å²) >= 11 is 5.90. The summed E-state index contributed by atoms with van der Waals surface area (Å²) in [5.74, 6) is 1.80. The second-order valence-electron chi connectivity index (χ2n) is 6.06. The Kier molecular flexibility index (Phi) is 6.12. The molecular formula is C20H22ClN3O2. The fourth-order valence-corrected chi connectivity index (χ4v) is 2.99. The van der Waals surface area contributed by atoms with Gasteiger partial charge in [0.25, 0.3) is 0 Å². The van der Waals surface area contributed by atoms with Crippen LogP contribution < -0.4 is 10.1 Å². The number of para-hydroxylation sites is 2. The van der Waals surface area contributed by atoms with Gasteiger partial charge in [-0.05, 0) is 42.8 Å². The molecule has 0 atom stereocenters. The number of hydrogen-bond donors (Lipinski definition) is 1. The first kappa shape index (κ1) is 18.3. The number of aryl methyl sites for hydroxylation is 1. The lowest BCUT2D eigenvalue weighted by molar-refractivity contribution is -0.118. The standard InChI is InChI=1S/C20H22ClN3O2/c1-15(25)22-12-4-7-20-23-18-5-2-3-6-19(18)24(20)13-14-26-17-10-8-16(21)9-11-17/h2-3,5-6,8-11H,4,7,12-14H2,1H3,(H,22,25). The molecule has 0 saturated heterocycles. The van der Waals surface area contributed by atoms with Crippen molar-refractivity contribution in [1.29, 1.82) is 0 Å². The Balaban J connectivity index is 1.67. The third-order valence-electron chi connectivity index (χ3n) is 4.08. The van der Waals surface area contributed by atoms with Crippen LogP contribution in [0, 0.1) is 0 Å². The van der Waals surface area contributed by atoms with Gasteiger partial charge in [-0.15, -0.1) is 0 Å². The molecule has 1 heterocycles. The van der Waals surface area contributed by atoms with E-state index >= 15 is 0 Å². The highest BCUT2D eigenvalue weighted by Gasteiger charge is 2.10. The average molecular weight is 372 g/mol. The number of fused-ring (bicyclic) bond motifs is 1. The first-order chi connectivity index (χ1) is 12.6. The van der Waals surface area contributed by atoms with E-state index in [1.54, 1.807) is 0 Å².